The van der Waals surface area contributed by atoms with Crippen LogP contribution in [0.5, 0.6) is 0 Å². The summed E-state index contributed by atoms with van der Waals surface area (Å²) in [6.07, 6.45) is 3.94. The fourth-order valence-electron chi connectivity index (χ4n) is 0.719. The first-order valence-corrected chi connectivity index (χ1v) is 2.70. The van der Waals surface area contributed by atoms with Gasteiger partial charge in [0, 0.05) is 19.5 Å². The van der Waals surface area contributed by atoms with E-state index in [1.54, 1.807) is 0 Å². The summed E-state index contributed by atoms with van der Waals surface area (Å²) in [7, 11) is 2.04. The Bertz CT molecular complexity index is 135. The third-order valence-corrected chi connectivity index (χ3v) is 1.07. The van der Waals surface area contributed by atoms with Gasteiger partial charge in [-0.25, -0.2) is 0 Å². The molecule has 1 heterocycles. The lowest BCUT2D eigenvalue weighted by molar-refractivity contribution is 0.516. The second-order valence-electron chi connectivity index (χ2n) is 2.02. The first-order valence-electron chi connectivity index (χ1n) is 2.70. The van der Waals surface area contributed by atoms with Gasteiger partial charge < -0.3 is 4.90 Å². The summed E-state index contributed by atoms with van der Waals surface area (Å²) in [5.74, 6) is 0. The van der Waals surface area contributed by atoms with Crippen LogP contribution in [0.2, 0.25) is 0 Å². The minimum atomic E-state index is 0.942. The van der Waals surface area contributed by atoms with E-state index in [1.807, 2.05) is 26.4 Å². The number of nitrogens with zero attached hydrogens (tertiary/aromatic N) is 2. The van der Waals surface area contributed by atoms with E-state index >= 15 is 0 Å². The number of aliphatic imine (C=N–C) groups is 1. The highest BCUT2D eigenvalue weighted by molar-refractivity contribution is 5.62. The van der Waals surface area contributed by atoms with Gasteiger partial charge in [0.1, 0.15) is 0 Å². The smallest absolute Gasteiger partial charge is 0.0527 e. The van der Waals surface area contributed by atoms with E-state index in [1.165, 1.54) is 0 Å². The van der Waals surface area contributed by atoms with Crippen molar-refractivity contribution in [2.24, 2.45) is 4.99 Å². The largest absolute Gasteiger partial charge is 0.374 e. The quantitative estimate of drug-likeness (QED) is 0.451. The third-order valence-electron chi connectivity index (χ3n) is 1.07. The Hall–Kier alpha value is -0.790. The summed E-state index contributed by atoms with van der Waals surface area (Å²) in [4.78, 5) is 6.17. The van der Waals surface area contributed by atoms with Crippen molar-refractivity contribution in [2.45, 2.75) is 6.92 Å². The summed E-state index contributed by atoms with van der Waals surface area (Å²) in [6.45, 7) is 2.93. The molecule has 0 aromatic heterocycles. The van der Waals surface area contributed by atoms with Crippen molar-refractivity contribution >= 4 is 6.21 Å². The summed E-state index contributed by atoms with van der Waals surface area (Å²) in [5.41, 5.74) is 1.08. The maximum atomic E-state index is 4.07. The van der Waals surface area contributed by atoms with Crippen molar-refractivity contribution in [3.63, 3.8) is 0 Å². The Morgan fingerprint density at radius 3 is 2.88 bits per heavy atom. The van der Waals surface area contributed by atoms with E-state index < -0.39 is 0 Å². The number of hydrogen-bond acceptors (Lipinski definition) is 2. The molecule has 0 saturated heterocycles. The first-order chi connectivity index (χ1) is 3.79. The van der Waals surface area contributed by atoms with Gasteiger partial charge in [-0.3, -0.25) is 4.99 Å². The van der Waals surface area contributed by atoms with Crippen LogP contribution >= 0.6 is 0 Å². The molecule has 1 rings (SSSR count). The zero-order valence-electron chi connectivity index (χ0n) is 5.26. The molecular formula is C6H10N2. The summed E-state index contributed by atoms with van der Waals surface area (Å²) >= 11 is 0. The molecule has 0 bridgehead atoms. The van der Waals surface area contributed by atoms with Gasteiger partial charge in [0.25, 0.3) is 0 Å². The second kappa shape index (κ2) is 1.99. The molecule has 0 aliphatic carbocycles. The Labute approximate surface area is 49.5 Å². The SMILES string of the molecule is CC1=CN(C)CC=N1. The van der Waals surface area contributed by atoms with Gasteiger partial charge in [0.15, 0.2) is 0 Å². The van der Waals surface area contributed by atoms with Gasteiger partial charge >= 0.3 is 0 Å². The van der Waals surface area contributed by atoms with Crippen molar-refractivity contribution in [1.29, 1.82) is 0 Å². The van der Waals surface area contributed by atoms with Gasteiger partial charge in [-0.1, -0.05) is 0 Å². The minimum Gasteiger partial charge on any atom is -0.374 e. The van der Waals surface area contributed by atoms with Crippen molar-refractivity contribution in [3.05, 3.63) is 11.9 Å². The third kappa shape index (κ3) is 1.09. The van der Waals surface area contributed by atoms with Gasteiger partial charge in [-0.15, -0.1) is 0 Å². The number of hydrogen-bond donors (Lipinski definition) is 0. The van der Waals surface area contributed by atoms with Crippen LogP contribution in [0, 0.1) is 0 Å². The van der Waals surface area contributed by atoms with Gasteiger partial charge in [-0.2, -0.15) is 0 Å². The Kier molecular flexibility index (Phi) is 1.33. The van der Waals surface area contributed by atoms with E-state index in [4.69, 9.17) is 0 Å². The molecule has 8 heavy (non-hydrogen) atoms. The zero-order chi connectivity index (χ0) is 5.98. The molecule has 44 valence electrons. The molecule has 0 aromatic carbocycles. The van der Waals surface area contributed by atoms with Crippen LogP contribution in [0.4, 0.5) is 0 Å². The van der Waals surface area contributed by atoms with Crippen molar-refractivity contribution < 1.29 is 0 Å². The summed E-state index contributed by atoms with van der Waals surface area (Å²) in [5, 5.41) is 0. The second-order valence-corrected chi connectivity index (χ2v) is 2.02. The van der Waals surface area contributed by atoms with E-state index in [2.05, 4.69) is 9.89 Å². The fraction of sp³-hybridized carbons (Fsp3) is 0.500. The van der Waals surface area contributed by atoms with Crippen LogP contribution in [0.1, 0.15) is 6.92 Å². The molecule has 0 N–H and O–H groups in total. The molecule has 0 fully saturated rings. The van der Waals surface area contributed by atoms with Gasteiger partial charge in [-0.05, 0) is 6.92 Å². The first kappa shape index (κ1) is 5.35. The van der Waals surface area contributed by atoms with E-state index in [9.17, 15) is 0 Å². The highest BCUT2D eigenvalue weighted by Crippen LogP contribution is 1.99. The highest BCUT2D eigenvalue weighted by Gasteiger charge is 1.94. The molecule has 2 heteroatoms. The molecule has 1 aliphatic rings. The molecule has 0 saturated carbocycles. The van der Waals surface area contributed by atoms with Gasteiger partial charge in [0.05, 0.1) is 12.2 Å². The average Bonchev–Trinajstić information content (AvgIpc) is 1.64. The van der Waals surface area contributed by atoms with E-state index in [0.717, 1.165) is 12.2 Å². The molecule has 2 nitrogen and oxygen atoms in total. The predicted molar refractivity (Wildman–Crippen MR) is 34.9 cm³/mol. The molecule has 1 aliphatic heterocycles. The average molecular weight is 110 g/mol. The van der Waals surface area contributed by atoms with E-state index in [0.29, 0.717) is 0 Å². The molecular weight excluding hydrogens is 100 g/mol. The van der Waals surface area contributed by atoms with Crippen molar-refractivity contribution in [3.8, 4) is 0 Å². The Morgan fingerprint density at radius 1 is 1.75 bits per heavy atom. The zero-order valence-corrected chi connectivity index (χ0v) is 5.26. The predicted octanol–water partition coefficient (Wildman–Crippen LogP) is 0.864. The lowest BCUT2D eigenvalue weighted by Gasteiger charge is -2.14. The minimum absolute atomic E-state index is 0.942. The van der Waals surface area contributed by atoms with Crippen LogP contribution in [0.25, 0.3) is 0 Å². The van der Waals surface area contributed by atoms with Crippen LogP contribution in [0.15, 0.2) is 16.9 Å². The number of allylic oxidation sites excluding steroid dienone is 1. The van der Waals surface area contributed by atoms with Crippen LogP contribution < -0.4 is 0 Å². The summed E-state index contributed by atoms with van der Waals surface area (Å²) < 4.78 is 0. The van der Waals surface area contributed by atoms with Gasteiger partial charge in [0.2, 0.25) is 0 Å². The van der Waals surface area contributed by atoms with Crippen LogP contribution in [0.3, 0.4) is 0 Å². The van der Waals surface area contributed by atoms with Crippen molar-refractivity contribution in [1.82, 2.24) is 4.90 Å². The maximum Gasteiger partial charge on any atom is 0.0527 e. The van der Waals surface area contributed by atoms with E-state index in [-0.39, 0.29) is 0 Å². The number of rotatable bonds is 0. The molecule has 0 unspecified atom stereocenters. The lowest BCUT2D eigenvalue weighted by Crippen LogP contribution is -2.16. The Morgan fingerprint density at radius 2 is 2.50 bits per heavy atom. The fourth-order valence-corrected chi connectivity index (χ4v) is 0.719. The monoisotopic (exact) mass is 110 g/mol. The van der Waals surface area contributed by atoms with Crippen LogP contribution in [-0.2, 0) is 0 Å². The topological polar surface area (TPSA) is 15.6 Å². The normalized spacial score (nSPS) is 18.8. The molecule has 0 aromatic rings. The lowest BCUT2D eigenvalue weighted by atomic mass is 10.4. The molecule has 0 amide bonds. The van der Waals surface area contributed by atoms with Crippen molar-refractivity contribution in [2.75, 3.05) is 13.6 Å². The molecule has 0 radical (unpaired) electrons. The van der Waals surface area contributed by atoms with Crippen LogP contribution in [-0.4, -0.2) is 24.7 Å². The maximum absolute atomic E-state index is 4.07. The highest BCUT2D eigenvalue weighted by atomic mass is 15.1. The standard InChI is InChI=1S/C6H10N2/c1-6-5-8(2)4-3-7-6/h3,5H,4H2,1-2H3. The molecule has 0 spiro atoms. The summed E-state index contributed by atoms with van der Waals surface area (Å²) in [6, 6.07) is 0. The molecule has 0 atom stereocenters. The Balaban J connectivity index is 2.63.